The quantitative estimate of drug-likeness (QED) is 0.815. The van der Waals surface area contributed by atoms with Crippen LogP contribution < -0.4 is 4.74 Å². The van der Waals surface area contributed by atoms with Gasteiger partial charge in [0.25, 0.3) is 0 Å². The van der Waals surface area contributed by atoms with Crippen molar-refractivity contribution in [3.8, 4) is 5.75 Å². The van der Waals surface area contributed by atoms with Gasteiger partial charge in [-0.1, -0.05) is 42.0 Å². The highest BCUT2D eigenvalue weighted by molar-refractivity contribution is 5.36. The van der Waals surface area contributed by atoms with E-state index in [4.69, 9.17) is 4.74 Å². The minimum Gasteiger partial charge on any atom is -0.496 e. The van der Waals surface area contributed by atoms with Crippen LogP contribution in [0.25, 0.3) is 0 Å². The standard InChI is InChI=1S/C18H23NO/c1-14-6-5-7-16(10-14)12-19(3)13-17-8-9-18(20-4)15(2)11-17/h5-11H,12-13H2,1-4H3. The molecular weight excluding hydrogens is 246 g/mol. The lowest BCUT2D eigenvalue weighted by Crippen LogP contribution is -2.17. The Balaban J connectivity index is 2.01. The van der Waals surface area contributed by atoms with Crippen LogP contribution in [-0.4, -0.2) is 19.1 Å². The molecule has 20 heavy (non-hydrogen) atoms. The van der Waals surface area contributed by atoms with E-state index in [1.807, 2.05) is 6.07 Å². The van der Waals surface area contributed by atoms with Crippen LogP contribution in [-0.2, 0) is 13.1 Å². The van der Waals surface area contributed by atoms with Crippen LogP contribution >= 0.6 is 0 Å². The van der Waals surface area contributed by atoms with Crippen molar-refractivity contribution in [1.29, 1.82) is 0 Å². The molecule has 0 spiro atoms. The van der Waals surface area contributed by atoms with Gasteiger partial charge in [-0.25, -0.2) is 0 Å². The molecule has 2 heteroatoms. The van der Waals surface area contributed by atoms with Crippen molar-refractivity contribution in [2.75, 3.05) is 14.2 Å². The van der Waals surface area contributed by atoms with Crippen LogP contribution in [0.2, 0.25) is 0 Å². The van der Waals surface area contributed by atoms with E-state index >= 15 is 0 Å². The maximum Gasteiger partial charge on any atom is 0.121 e. The zero-order valence-electron chi connectivity index (χ0n) is 12.8. The molecule has 2 rings (SSSR count). The average molecular weight is 269 g/mol. The summed E-state index contributed by atoms with van der Waals surface area (Å²) in [5.41, 5.74) is 5.18. The van der Waals surface area contributed by atoms with Crippen molar-refractivity contribution < 1.29 is 4.74 Å². The number of nitrogens with zero attached hydrogens (tertiary/aromatic N) is 1. The molecule has 0 saturated carbocycles. The molecule has 0 fully saturated rings. The van der Waals surface area contributed by atoms with E-state index in [9.17, 15) is 0 Å². The summed E-state index contributed by atoms with van der Waals surface area (Å²) < 4.78 is 5.30. The first-order valence-electron chi connectivity index (χ1n) is 6.96. The van der Waals surface area contributed by atoms with Crippen molar-refractivity contribution >= 4 is 0 Å². The normalized spacial score (nSPS) is 10.8. The van der Waals surface area contributed by atoms with Crippen molar-refractivity contribution in [3.63, 3.8) is 0 Å². The van der Waals surface area contributed by atoms with Gasteiger partial charge in [0.1, 0.15) is 5.75 Å². The summed E-state index contributed by atoms with van der Waals surface area (Å²) in [5, 5.41) is 0. The summed E-state index contributed by atoms with van der Waals surface area (Å²) >= 11 is 0. The molecular formula is C18H23NO. The van der Waals surface area contributed by atoms with E-state index < -0.39 is 0 Å². The first-order chi connectivity index (χ1) is 9.58. The SMILES string of the molecule is COc1ccc(CN(C)Cc2cccc(C)c2)cc1C. The van der Waals surface area contributed by atoms with Crippen LogP contribution in [0.1, 0.15) is 22.3 Å². The van der Waals surface area contributed by atoms with Crippen LogP contribution in [0.5, 0.6) is 5.75 Å². The summed E-state index contributed by atoms with van der Waals surface area (Å²) in [6.07, 6.45) is 0. The fourth-order valence-electron chi connectivity index (χ4n) is 2.53. The van der Waals surface area contributed by atoms with Gasteiger partial charge in [0.05, 0.1) is 7.11 Å². The molecule has 2 aromatic rings. The predicted molar refractivity (Wildman–Crippen MR) is 84.1 cm³/mol. The second-order valence-corrected chi connectivity index (χ2v) is 5.47. The molecule has 0 N–H and O–H groups in total. The van der Waals surface area contributed by atoms with E-state index in [1.165, 1.54) is 22.3 Å². The third-order valence-electron chi connectivity index (χ3n) is 3.45. The number of aryl methyl sites for hydroxylation is 2. The van der Waals surface area contributed by atoms with Gasteiger partial charge in [0.2, 0.25) is 0 Å². The predicted octanol–water partition coefficient (Wildman–Crippen LogP) is 3.94. The molecule has 0 radical (unpaired) electrons. The smallest absolute Gasteiger partial charge is 0.121 e. The molecule has 0 atom stereocenters. The van der Waals surface area contributed by atoms with E-state index in [1.54, 1.807) is 7.11 Å². The highest BCUT2D eigenvalue weighted by Crippen LogP contribution is 2.19. The third-order valence-corrected chi connectivity index (χ3v) is 3.45. The molecule has 0 unspecified atom stereocenters. The number of benzene rings is 2. The Labute approximate surface area is 122 Å². The van der Waals surface area contributed by atoms with Gasteiger partial charge in [0.15, 0.2) is 0 Å². The Morgan fingerprint density at radius 3 is 2.25 bits per heavy atom. The summed E-state index contributed by atoms with van der Waals surface area (Å²) in [4.78, 5) is 2.33. The fourth-order valence-corrected chi connectivity index (χ4v) is 2.53. The molecule has 106 valence electrons. The number of hydrogen-bond donors (Lipinski definition) is 0. The first kappa shape index (κ1) is 14.6. The van der Waals surface area contributed by atoms with Crippen LogP contribution in [0.4, 0.5) is 0 Å². The first-order valence-corrected chi connectivity index (χ1v) is 6.96. The summed E-state index contributed by atoms with van der Waals surface area (Å²) in [6, 6.07) is 15.1. The Bertz CT molecular complexity index is 577. The molecule has 0 saturated heterocycles. The molecule has 0 aromatic heterocycles. The minimum atomic E-state index is 0.943. The van der Waals surface area contributed by atoms with Gasteiger partial charge >= 0.3 is 0 Å². The van der Waals surface area contributed by atoms with Gasteiger partial charge in [-0.3, -0.25) is 4.90 Å². The van der Waals surface area contributed by atoms with Crippen LogP contribution in [0.15, 0.2) is 42.5 Å². The number of methoxy groups -OCH3 is 1. The van der Waals surface area contributed by atoms with Gasteiger partial charge in [-0.05, 0) is 43.7 Å². The van der Waals surface area contributed by atoms with Gasteiger partial charge < -0.3 is 4.74 Å². The van der Waals surface area contributed by atoms with E-state index in [0.29, 0.717) is 0 Å². The number of rotatable bonds is 5. The topological polar surface area (TPSA) is 12.5 Å². The maximum atomic E-state index is 5.30. The molecule has 0 aliphatic rings. The van der Waals surface area contributed by atoms with E-state index in [0.717, 1.165) is 18.8 Å². The molecule has 2 aromatic carbocycles. The molecule has 0 bridgehead atoms. The summed E-state index contributed by atoms with van der Waals surface area (Å²) in [6.45, 7) is 6.13. The zero-order valence-corrected chi connectivity index (χ0v) is 12.8. The molecule has 0 aliphatic heterocycles. The average Bonchev–Trinajstić information content (AvgIpc) is 2.38. The Morgan fingerprint density at radius 1 is 0.950 bits per heavy atom. The maximum absolute atomic E-state index is 5.30. The van der Waals surface area contributed by atoms with E-state index in [2.05, 4.69) is 62.2 Å². The zero-order chi connectivity index (χ0) is 14.5. The van der Waals surface area contributed by atoms with Crippen molar-refractivity contribution in [1.82, 2.24) is 4.90 Å². The lowest BCUT2D eigenvalue weighted by atomic mass is 10.1. The van der Waals surface area contributed by atoms with Crippen molar-refractivity contribution in [2.45, 2.75) is 26.9 Å². The van der Waals surface area contributed by atoms with Crippen molar-refractivity contribution in [2.24, 2.45) is 0 Å². The highest BCUT2D eigenvalue weighted by Gasteiger charge is 2.04. The fraction of sp³-hybridized carbons (Fsp3) is 0.333. The largest absolute Gasteiger partial charge is 0.496 e. The summed E-state index contributed by atoms with van der Waals surface area (Å²) in [7, 11) is 3.87. The van der Waals surface area contributed by atoms with Crippen molar-refractivity contribution in [3.05, 3.63) is 64.7 Å². The Hall–Kier alpha value is -1.80. The van der Waals surface area contributed by atoms with Crippen LogP contribution in [0, 0.1) is 13.8 Å². The van der Waals surface area contributed by atoms with E-state index in [-0.39, 0.29) is 0 Å². The van der Waals surface area contributed by atoms with Gasteiger partial charge in [0, 0.05) is 13.1 Å². The number of ether oxygens (including phenoxy) is 1. The second-order valence-electron chi connectivity index (χ2n) is 5.47. The Morgan fingerprint density at radius 2 is 1.65 bits per heavy atom. The number of hydrogen-bond acceptors (Lipinski definition) is 2. The lowest BCUT2D eigenvalue weighted by Gasteiger charge is -2.18. The lowest BCUT2D eigenvalue weighted by molar-refractivity contribution is 0.318. The highest BCUT2D eigenvalue weighted by atomic mass is 16.5. The molecule has 0 aliphatic carbocycles. The molecule has 0 heterocycles. The molecule has 2 nitrogen and oxygen atoms in total. The second kappa shape index (κ2) is 6.58. The van der Waals surface area contributed by atoms with Crippen LogP contribution in [0.3, 0.4) is 0 Å². The minimum absolute atomic E-state index is 0.943. The third kappa shape index (κ3) is 3.84. The monoisotopic (exact) mass is 269 g/mol. The Kier molecular flexibility index (Phi) is 4.80. The van der Waals surface area contributed by atoms with Gasteiger partial charge in [-0.15, -0.1) is 0 Å². The van der Waals surface area contributed by atoms with Gasteiger partial charge in [-0.2, -0.15) is 0 Å². The molecule has 0 amide bonds. The summed E-state index contributed by atoms with van der Waals surface area (Å²) in [5.74, 6) is 0.954.